The largest absolute Gasteiger partial charge is 0.379 e. The van der Waals surface area contributed by atoms with Crippen molar-refractivity contribution in [2.45, 2.75) is 19.6 Å². The van der Waals surface area contributed by atoms with Gasteiger partial charge in [-0.2, -0.15) is 0 Å². The zero-order valence-electron chi connectivity index (χ0n) is 17.2. The minimum absolute atomic E-state index is 0. The lowest BCUT2D eigenvalue weighted by Gasteiger charge is -2.26. The number of benzene rings is 2. The first kappa shape index (κ1) is 23.4. The van der Waals surface area contributed by atoms with Crippen LogP contribution in [0.1, 0.15) is 16.0 Å². The Morgan fingerprint density at radius 1 is 0.968 bits per heavy atom. The maximum Gasteiger partial charge on any atom is 0.278 e. The van der Waals surface area contributed by atoms with Crippen molar-refractivity contribution in [3.8, 4) is 10.4 Å². The molecule has 1 saturated heterocycles. The van der Waals surface area contributed by atoms with Crippen molar-refractivity contribution >= 4 is 29.4 Å². The van der Waals surface area contributed by atoms with Crippen molar-refractivity contribution in [1.82, 2.24) is 10.2 Å². The van der Waals surface area contributed by atoms with Crippen LogP contribution in [0.3, 0.4) is 0 Å². The number of hydrogen-bond donors (Lipinski definition) is 1. The van der Waals surface area contributed by atoms with E-state index < -0.39 is 0 Å². The molecule has 0 saturated carbocycles. The van der Waals surface area contributed by atoms with Crippen LogP contribution in [0.2, 0.25) is 0 Å². The van der Waals surface area contributed by atoms with Crippen LogP contribution in [0.15, 0.2) is 60.7 Å². The molecule has 3 aromatic rings. The Kier molecular flexibility index (Phi) is 8.57. The van der Waals surface area contributed by atoms with Crippen LogP contribution in [0.4, 0.5) is 5.69 Å². The highest BCUT2D eigenvalue weighted by Gasteiger charge is 2.15. The van der Waals surface area contributed by atoms with Gasteiger partial charge in [-0.25, -0.2) is 0 Å². The minimum Gasteiger partial charge on any atom is -0.379 e. The summed E-state index contributed by atoms with van der Waals surface area (Å²) in [5.74, 6) is 0. The molecule has 0 unspecified atom stereocenters. The van der Waals surface area contributed by atoms with E-state index in [4.69, 9.17) is 4.74 Å². The maximum atomic E-state index is 11.3. The molecule has 0 radical (unpaired) electrons. The Morgan fingerprint density at radius 2 is 1.68 bits per heavy atom. The van der Waals surface area contributed by atoms with Gasteiger partial charge in [0.15, 0.2) is 0 Å². The molecule has 0 aliphatic carbocycles. The number of rotatable bonds is 8. The molecule has 164 valence electrons. The summed E-state index contributed by atoms with van der Waals surface area (Å²) in [5.41, 5.74) is 3.40. The molecular weight excluding hydrogens is 434 g/mol. The Morgan fingerprint density at radius 3 is 2.42 bits per heavy atom. The molecular formula is C23H26ClN3O3S. The second-order valence-electron chi connectivity index (χ2n) is 7.35. The molecule has 31 heavy (non-hydrogen) atoms. The van der Waals surface area contributed by atoms with Gasteiger partial charge in [0, 0.05) is 48.5 Å². The molecule has 1 aliphatic heterocycles. The number of nitro benzene ring substituents is 1. The predicted molar refractivity (Wildman–Crippen MR) is 127 cm³/mol. The number of nitrogens with one attached hydrogen (secondary N) is 1. The van der Waals surface area contributed by atoms with Crippen LogP contribution >= 0.6 is 23.7 Å². The van der Waals surface area contributed by atoms with Crippen molar-refractivity contribution in [3.63, 3.8) is 0 Å². The van der Waals surface area contributed by atoms with Gasteiger partial charge in [-0.05, 0) is 29.3 Å². The second kappa shape index (κ2) is 11.4. The summed E-state index contributed by atoms with van der Waals surface area (Å²) in [6.07, 6.45) is 0. The highest BCUT2D eigenvalue weighted by atomic mass is 35.5. The Labute approximate surface area is 192 Å². The van der Waals surface area contributed by atoms with Gasteiger partial charge < -0.3 is 10.1 Å². The SMILES string of the molecule is Cl.O=[N+]([O-])c1ccccc1-c1ccc(CNCc2ccc(CN3CCOCC3)cc2)s1. The Bertz CT molecular complexity index is 988. The van der Waals surface area contributed by atoms with Crippen LogP contribution in [0.5, 0.6) is 0 Å². The fourth-order valence-corrected chi connectivity index (χ4v) is 4.58. The standard InChI is InChI=1S/C23H25N3O3S.ClH/c27-26(28)22-4-2-1-3-21(22)23-10-9-20(30-23)16-24-15-18-5-7-19(8-6-18)17-25-11-13-29-14-12-25;/h1-10,24H,11-17H2;1H. The number of morpholine rings is 1. The zero-order valence-corrected chi connectivity index (χ0v) is 18.8. The molecule has 0 spiro atoms. The monoisotopic (exact) mass is 459 g/mol. The van der Waals surface area contributed by atoms with E-state index in [2.05, 4.69) is 34.5 Å². The molecule has 0 atom stereocenters. The lowest BCUT2D eigenvalue weighted by Crippen LogP contribution is -2.35. The average molecular weight is 460 g/mol. The van der Waals surface area contributed by atoms with Crippen molar-refractivity contribution in [1.29, 1.82) is 0 Å². The first-order chi connectivity index (χ1) is 14.7. The number of halogens is 1. The van der Waals surface area contributed by atoms with E-state index in [9.17, 15) is 10.1 Å². The van der Waals surface area contributed by atoms with Gasteiger partial charge in [-0.3, -0.25) is 15.0 Å². The van der Waals surface area contributed by atoms with Crippen LogP contribution in [0, 0.1) is 10.1 Å². The van der Waals surface area contributed by atoms with E-state index in [1.165, 1.54) is 11.1 Å². The molecule has 0 amide bonds. The minimum atomic E-state index is -0.324. The highest BCUT2D eigenvalue weighted by Crippen LogP contribution is 2.34. The van der Waals surface area contributed by atoms with Gasteiger partial charge in [-0.15, -0.1) is 23.7 Å². The molecule has 2 heterocycles. The normalized spacial score (nSPS) is 14.2. The van der Waals surface area contributed by atoms with Crippen molar-refractivity contribution in [2.24, 2.45) is 0 Å². The molecule has 1 aliphatic rings. The third-order valence-electron chi connectivity index (χ3n) is 5.19. The summed E-state index contributed by atoms with van der Waals surface area (Å²) < 4.78 is 5.40. The lowest BCUT2D eigenvalue weighted by molar-refractivity contribution is -0.384. The quantitative estimate of drug-likeness (QED) is 0.384. The summed E-state index contributed by atoms with van der Waals surface area (Å²) in [4.78, 5) is 15.4. The van der Waals surface area contributed by atoms with Crippen LogP contribution in [-0.2, 0) is 24.4 Å². The number of nitro groups is 1. The molecule has 0 bridgehead atoms. The summed E-state index contributed by atoms with van der Waals surface area (Å²) in [7, 11) is 0. The average Bonchev–Trinajstić information content (AvgIpc) is 3.24. The van der Waals surface area contributed by atoms with Gasteiger partial charge >= 0.3 is 0 Å². The molecule has 1 aromatic heterocycles. The van der Waals surface area contributed by atoms with Gasteiger partial charge in [-0.1, -0.05) is 36.4 Å². The first-order valence-electron chi connectivity index (χ1n) is 10.1. The number of nitrogens with zero attached hydrogens (tertiary/aromatic N) is 2. The fourth-order valence-electron chi connectivity index (χ4n) is 3.57. The maximum absolute atomic E-state index is 11.3. The van der Waals surface area contributed by atoms with E-state index >= 15 is 0 Å². The molecule has 8 heteroatoms. The smallest absolute Gasteiger partial charge is 0.278 e. The summed E-state index contributed by atoms with van der Waals surface area (Å²) in [5, 5.41) is 14.7. The second-order valence-corrected chi connectivity index (χ2v) is 8.52. The zero-order chi connectivity index (χ0) is 20.8. The van der Waals surface area contributed by atoms with Gasteiger partial charge in [0.25, 0.3) is 5.69 Å². The number of ether oxygens (including phenoxy) is 1. The van der Waals surface area contributed by atoms with Gasteiger partial charge in [0.2, 0.25) is 0 Å². The van der Waals surface area contributed by atoms with E-state index in [1.54, 1.807) is 29.5 Å². The van der Waals surface area contributed by atoms with Crippen molar-refractivity contribution < 1.29 is 9.66 Å². The van der Waals surface area contributed by atoms with E-state index in [1.807, 2.05) is 18.2 Å². The number of para-hydroxylation sites is 1. The molecule has 2 aromatic carbocycles. The van der Waals surface area contributed by atoms with Crippen LogP contribution in [0.25, 0.3) is 10.4 Å². The number of hydrogen-bond acceptors (Lipinski definition) is 6. The molecule has 4 rings (SSSR count). The molecule has 1 N–H and O–H groups in total. The van der Waals surface area contributed by atoms with Crippen molar-refractivity contribution in [2.75, 3.05) is 26.3 Å². The van der Waals surface area contributed by atoms with Gasteiger partial charge in [0.1, 0.15) is 0 Å². The Hall–Kier alpha value is -2.29. The van der Waals surface area contributed by atoms with E-state index in [0.29, 0.717) is 5.56 Å². The third-order valence-corrected chi connectivity index (χ3v) is 6.31. The highest BCUT2D eigenvalue weighted by molar-refractivity contribution is 7.15. The lowest BCUT2D eigenvalue weighted by atomic mass is 10.1. The Balaban J connectivity index is 0.00000272. The summed E-state index contributed by atoms with van der Waals surface area (Å²) in [6.45, 7) is 6.14. The third kappa shape index (κ3) is 6.35. The topological polar surface area (TPSA) is 67.6 Å². The molecule has 1 fully saturated rings. The summed E-state index contributed by atoms with van der Waals surface area (Å²) in [6, 6.07) is 19.6. The van der Waals surface area contributed by atoms with E-state index in [-0.39, 0.29) is 23.0 Å². The first-order valence-corrected chi connectivity index (χ1v) is 10.9. The fraction of sp³-hybridized carbons (Fsp3) is 0.304. The van der Waals surface area contributed by atoms with Crippen LogP contribution < -0.4 is 5.32 Å². The number of thiophene rings is 1. The van der Waals surface area contributed by atoms with Crippen LogP contribution in [-0.4, -0.2) is 36.1 Å². The predicted octanol–water partition coefficient (Wildman–Crippen LogP) is 4.87. The van der Waals surface area contributed by atoms with Gasteiger partial charge in [0.05, 0.1) is 23.7 Å². The molecule has 6 nitrogen and oxygen atoms in total. The summed E-state index contributed by atoms with van der Waals surface area (Å²) >= 11 is 1.59. The van der Waals surface area contributed by atoms with Crippen molar-refractivity contribution in [3.05, 3.63) is 86.8 Å². The van der Waals surface area contributed by atoms with E-state index in [0.717, 1.165) is 55.7 Å².